The van der Waals surface area contributed by atoms with E-state index >= 15 is 0 Å². The molecule has 2 heterocycles. The first-order valence-corrected chi connectivity index (χ1v) is 9.84. The van der Waals surface area contributed by atoms with Crippen LogP contribution in [-0.4, -0.2) is 28.3 Å². The lowest BCUT2D eigenvalue weighted by Crippen LogP contribution is -2.25. The second-order valence-electron chi connectivity index (χ2n) is 6.31. The summed E-state index contributed by atoms with van der Waals surface area (Å²) in [6.07, 6.45) is 0.278. The van der Waals surface area contributed by atoms with Crippen LogP contribution in [0.1, 0.15) is 41.9 Å². The van der Waals surface area contributed by atoms with Crippen molar-refractivity contribution in [2.24, 2.45) is 0 Å². The molecule has 0 radical (unpaired) electrons. The van der Waals surface area contributed by atoms with E-state index in [0.717, 1.165) is 11.1 Å². The maximum absolute atomic E-state index is 13.2. The molecular formula is C20H21N3O4S. The molecule has 1 aromatic carbocycles. The number of carbonyl (C=O) groups is 2. The van der Waals surface area contributed by atoms with E-state index in [1.54, 1.807) is 25.3 Å². The molecule has 0 spiro atoms. The van der Waals surface area contributed by atoms with E-state index in [9.17, 15) is 14.4 Å². The van der Waals surface area contributed by atoms with Crippen molar-refractivity contribution in [2.75, 3.05) is 11.9 Å². The van der Waals surface area contributed by atoms with Crippen molar-refractivity contribution < 1.29 is 14.3 Å². The van der Waals surface area contributed by atoms with Crippen LogP contribution in [0.5, 0.6) is 0 Å². The molecule has 0 aliphatic carbocycles. The zero-order chi connectivity index (χ0) is 20.4. The molecule has 28 heavy (non-hydrogen) atoms. The van der Waals surface area contributed by atoms with Crippen LogP contribution >= 0.6 is 11.3 Å². The van der Waals surface area contributed by atoms with Crippen LogP contribution in [0.15, 0.2) is 28.4 Å². The highest BCUT2D eigenvalue weighted by molar-refractivity contribution is 7.16. The number of esters is 1. The lowest BCUT2D eigenvalue weighted by atomic mass is 10.1. The molecule has 0 aliphatic heterocycles. The molecule has 7 nitrogen and oxygen atoms in total. The van der Waals surface area contributed by atoms with Crippen LogP contribution in [0.2, 0.25) is 0 Å². The van der Waals surface area contributed by atoms with Crippen molar-refractivity contribution in [2.45, 2.75) is 34.1 Å². The number of amides is 1. The van der Waals surface area contributed by atoms with Crippen LogP contribution in [-0.2, 0) is 9.53 Å². The van der Waals surface area contributed by atoms with Crippen molar-refractivity contribution in [1.82, 2.24) is 9.78 Å². The van der Waals surface area contributed by atoms with Crippen LogP contribution in [0.4, 0.5) is 5.00 Å². The molecule has 0 fully saturated rings. The van der Waals surface area contributed by atoms with Crippen LogP contribution < -0.4 is 10.9 Å². The number of carbonyl (C=O) groups excluding carboxylic acids is 2. The first-order chi connectivity index (χ1) is 13.4. The smallest absolute Gasteiger partial charge is 0.359 e. The Morgan fingerprint density at radius 2 is 1.96 bits per heavy atom. The minimum absolute atomic E-state index is 0.0444. The van der Waals surface area contributed by atoms with Crippen molar-refractivity contribution in [3.05, 3.63) is 50.8 Å². The largest absolute Gasteiger partial charge is 0.461 e. The lowest BCUT2D eigenvalue weighted by molar-refractivity contribution is -0.115. The normalized spacial score (nSPS) is 10.9. The predicted octanol–water partition coefficient (Wildman–Crippen LogP) is 3.59. The maximum atomic E-state index is 13.2. The maximum Gasteiger partial charge on any atom is 0.359 e. The van der Waals surface area contributed by atoms with E-state index in [1.807, 2.05) is 26.0 Å². The van der Waals surface area contributed by atoms with Crippen molar-refractivity contribution in [1.29, 1.82) is 0 Å². The number of fused-ring (bicyclic) bond motifs is 1. The van der Waals surface area contributed by atoms with Crippen LogP contribution in [0.3, 0.4) is 0 Å². The number of ether oxygens (including phenoxy) is 1. The molecule has 0 unspecified atom stereocenters. The Morgan fingerprint density at radius 3 is 2.61 bits per heavy atom. The molecule has 8 heteroatoms. The Kier molecular flexibility index (Phi) is 5.60. The molecular weight excluding hydrogens is 378 g/mol. The number of rotatable bonds is 5. The monoisotopic (exact) mass is 399 g/mol. The zero-order valence-corrected chi connectivity index (χ0v) is 17.0. The summed E-state index contributed by atoms with van der Waals surface area (Å²) < 4.78 is 6.31. The standard InChI is InChI=1S/C20H21N3O4S/c1-5-15(24)21-18-16-14(10-28-18)17(20(26)27-6-2)22-23(19(16)25)13-8-7-11(3)12(4)9-13/h7-10H,5-6H2,1-4H3,(H,21,24). The molecule has 0 saturated heterocycles. The van der Waals surface area contributed by atoms with Gasteiger partial charge >= 0.3 is 5.97 Å². The lowest BCUT2D eigenvalue weighted by Gasteiger charge is -2.11. The van der Waals surface area contributed by atoms with Gasteiger partial charge in [-0.15, -0.1) is 11.3 Å². The van der Waals surface area contributed by atoms with E-state index < -0.39 is 11.5 Å². The van der Waals surface area contributed by atoms with Gasteiger partial charge in [-0.05, 0) is 44.0 Å². The third kappa shape index (κ3) is 3.55. The fraction of sp³-hybridized carbons (Fsp3) is 0.300. The van der Waals surface area contributed by atoms with E-state index in [-0.39, 0.29) is 30.0 Å². The van der Waals surface area contributed by atoms with Gasteiger partial charge in [0.05, 0.1) is 17.7 Å². The summed E-state index contributed by atoms with van der Waals surface area (Å²) in [6, 6.07) is 5.50. The SMILES string of the molecule is CCOC(=O)c1nn(-c2ccc(C)c(C)c2)c(=O)c2c(NC(=O)CC)scc12. The van der Waals surface area contributed by atoms with Crippen molar-refractivity contribution in [3.8, 4) is 5.69 Å². The minimum Gasteiger partial charge on any atom is -0.461 e. The number of hydrogen-bond donors (Lipinski definition) is 1. The summed E-state index contributed by atoms with van der Waals surface area (Å²) >= 11 is 1.19. The number of nitrogens with one attached hydrogen (secondary N) is 1. The number of nitrogens with zero attached hydrogens (tertiary/aromatic N) is 2. The highest BCUT2D eigenvalue weighted by atomic mass is 32.1. The Bertz CT molecular complexity index is 1130. The highest BCUT2D eigenvalue weighted by Gasteiger charge is 2.23. The number of benzene rings is 1. The van der Waals surface area contributed by atoms with Gasteiger partial charge in [0.25, 0.3) is 5.56 Å². The summed E-state index contributed by atoms with van der Waals surface area (Å²) in [5.41, 5.74) is 2.25. The molecule has 1 N–H and O–H groups in total. The Labute approximate surface area is 165 Å². The van der Waals surface area contributed by atoms with Gasteiger partial charge in [-0.1, -0.05) is 13.0 Å². The van der Waals surface area contributed by atoms with Crippen LogP contribution in [0.25, 0.3) is 16.5 Å². The average molecular weight is 399 g/mol. The van der Waals surface area contributed by atoms with Gasteiger partial charge in [0, 0.05) is 17.2 Å². The number of hydrogen-bond acceptors (Lipinski definition) is 6. The predicted molar refractivity (Wildman–Crippen MR) is 110 cm³/mol. The Hall–Kier alpha value is -3.00. The summed E-state index contributed by atoms with van der Waals surface area (Å²) in [5, 5.41) is 9.71. The third-order valence-corrected chi connectivity index (χ3v) is 5.33. The molecule has 3 aromatic rings. The second kappa shape index (κ2) is 7.93. The topological polar surface area (TPSA) is 90.3 Å². The Balaban J connectivity index is 2.31. The van der Waals surface area contributed by atoms with E-state index in [4.69, 9.17) is 4.74 Å². The summed E-state index contributed by atoms with van der Waals surface area (Å²) in [6.45, 7) is 7.53. The van der Waals surface area contributed by atoms with Gasteiger partial charge in [0.15, 0.2) is 5.69 Å². The molecule has 1 amide bonds. The third-order valence-electron chi connectivity index (χ3n) is 4.43. The summed E-state index contributed by atoms with van der Waals surface area (Å²) in [5.74, 6) is -0.827. The fourth-order valence-corrected chi connectivity index (χ4v) is 3.69. The van der Waals surface area contributed by atoms with Gasteiger partial charge < -0.3 is 10.1 Å². The number of aryl methyl sites for hydroxylation is 2. The quantitative estimate of drug-likeness (QED) is 0.662. The number of anilines is 1. The van der Waals surface area contributed by atoms with Crippen molar-refractivity contribution in [3.63, 3.8) is 0 Å². The molecule has 0 aliphatic rings. The first kappa shape index (κ1) is 19.8. The number of thiophene rings is 1. The van der Waals surface area contributed by atoms with Gasteiger partial charge in [0.1, 0.15) is 5.00 Å². The highest BCUT2D eigenvalue weighted by Crippen LogP contribution is 2.30. The second-order valence-corrected chi connectivity index (χ2v) is 7.19. The minimum atomic E-state index is -0.615. The number of aromatic nitrogens is 2. The zero-order valence-electron chi connectivity index (χ0n) is 16.2. The van der Waals surface area contributed by atoms with Gasteiger partial charge in [-0.2, -0.15) is 9.78 Å². The van der Waals surface area contributed by atoms with Crippen molar-refractivity contribution >= 4 is 39.0 Å². The molecule has 146 valence electrons. The van der Waals surface area contributed by atoms with Gasteiger partial charge in [0.2, 0.25) is 5.91 Å². The summed E-state index contributed by atoms with van der Waals surface area (Å²) in [7, 11) is 0. The summed E-state index contributed by atoms with van der Waals surface area (Å²) in [4.78, 5) is 37.6. The van der Waals surface area contributed by atoms with Gasteiger partial charge in [-0.3, -0.25) is 9.59 Å². The average Bonchev–Trinajstić information content (AvgIpc) is 3.08. The fourth-order valence-electron chi connectivity index (χ4n) is 2.74. The first-order valence-electron chi connectivity index (χ1n) is 8.96. The molecule has 0 atom stereocenters. The molecule has 0 bridgehead atoms. The Morgan fingerprint density at radius 1 is 1.21 bits per heavy atom. The molecule has 2 aromatic heterocycles. The van der Waals surface area contributed by atoms with Crippen LogP contribution in [0, 0.1) is 13.8 Å². The van der Waals surface area contributed by atoms with E-state index in [0.29, 0.717) is 16.1 Å². The van der Waals surface area contributed by atoms with Gasteiger partial charge in [-0.25, -0.2) is 4.79 Å². The van der Waals surface area contributed by atoms with E-state index in [1.165, 1.54) is 16.0 Å². The molecule has 3 rings (SSSR count). The molecule has 0 saturated carbocycles. The van der Waals surface area contributed by atoms with E-state index in [2.05, 4.69) is 10.4 Å².